The molecule has 1 heterocycles. The lowest BCUT2D eigenvalue weighted by atomic mass is 10.1. The van der Waals surface area contributed by atoms with Gasteiger partial charge in [0, 0.05) is 6.54 Å². The van der Waals surface area contributed by atoms with Crippen molar-refractivity contribution >= 4 is 27.6 Å². The zero-order valence-electron chi connectivity index (χ0n) is 19.5. The maximum absolute atomic E-state index is 13.5. The van der Waals surface area contributed by atoms with Crippen molar-refractivity contribution in [3.05, 3.63) is 64.7 Å². The van der Waals surface area contributed by atoms with Crippen LogP contribution in [0, 0.1) is 13.8 Å². The molecule has 2 aromatic rings. The second-order valence-corrected chi connectivity index (χ2v) is 11.4. The minimum absolute atomic E-state index is 0.0339. The van der Waals surface area contributed by atoms with Gasteiger partial charge in [-0.05, 0) is 74.9 Å². The Morgan fingerprint density at radius 1 is 0.941 bits per heavy atom. The molecule has 0 spiro atoms. The number of imide groups is 1. The first-order valence-electron chi connectivity index (χ1n) is 11.6. The number of hydrogen-bond acceptors (Lipinski definition) is 6. The first-order valence-corrected chi connectivity index (χ1v) is 13.1. The Bertz CT molecular complexity index is 1210. The second kappa shape index (κ2) is 9.33. The van der Waals surface area contributed by atoms with E-state index in [0.29, 0.717) is 36.8 Å². The molecule has 1 fully saturated rings. The van der Waals surface area contributed by atoms with Gasteiger partial charge in [-0.2, -0.15) is 0 Å². The smallest absolute Gasteiger partial charge is 0.327 e. The third kappa shape index (κ3) is 4.04. The molecular formula is C26H29NO6S. The molecule has 2 aliphatic rings. The van der Waals surface area contributed by atoms with Crippen LogP contribution in [0.25, 0.3) is 0 Å². The van der Waals surface area contributed by atoms with Gasteiger partial charge in [-0.1, -0.05) is 31.0 Å². The standard InChI is InChI=1S/C26H29NO6S/c1-18-11-12-20(17-19(18)2)34(31,32)26(13-5-6-14-26)25(30)33-16-8-7-15-27-23(28)21-9-3-4-10-22(21)24(27)29/h3-4,9-12,17H,5-8,13-16H2,1-2H3. The third-order valence-corrected chi connectivity index (χ3v) is 9.45. The van der Waals surface area contributed by atoms with E-state index in [0.717, 1.165) is 11.1 Å². The number of hydrogen-bond donors (Lipinski definition) is 0. The summed E-state index contributed by atoms with van der Waals surface area (Å²) in [5.74, 6) is -1.34. The predicted octanol–water partition coefficient (Wildman–Crippen LogP) is 4.01. The molecule has 0 bridgehead atoms. The number of fused-ring (bicyclic) bond motifs is 1. The zero-order valence-corrected chi connectivity index (χ0v) is 20.3. The summed E-state index contributed by atoms with van der Waals surface area (Å²) in [6.07, 6.45) is 2.67. The van der Waals surface area contributed by atoms with Crippen LogP contribution in [0.2, 0.25) is 0 Å². The molecule has 7 nitrogen and oxygen atoms in total. The summed E-state index contributed by atoms with van der Waals surface area (Å²) in [5.41, 5.74) is 2.65. The number of amides is 2. The number of nitrogens with zero attached hydrogens (tertiary/aromatic N) is 1. The lowest BCUT2D eigenvalue weighted by Crippen LogP contribution is -2.45. The van der Waals surface area contributed by atoms with Crippen molar-refractivity contribution in [3.63, 3.8) is 0 Å². The fourth-order valence-corrected chi connectivity index (χ4v) is 6.88. The highest BCUT2D eigenvalue weighted by molar-refractivity contribution is 7.93. The molecule has 1 aliphatic carbocycles. The largest absolute Gasteiger partial charge is 0.465 e. The van der Waals surface area contributed by atoms with E-state index in [1.165, 1.54) is 4.90 Å². The summed E-state index contributed by atoms with van der Waals surface area (Å²) < 4.78 is 31.0. The lowest BCUT2D eigenvalue weighted by molar-refractivity contribution is -0.146. The van der Waals surface area contributed by atoms with Crippen LogP contribution in [0.1, 0.15) is 70.4 Å². The van der Waals surface area contributed by atoms with Crippen molar-refractivity contribution in [1.82, 2.24) is 4.90 Å². The van der Waals surface area contributed by atoms with E-state index in [-0.39, 0.29) is 42.7 Å². The molecule has 180 valence electrons. The highest BCUT2D eigenvalue weighted by atomic mass is 32.2. The van der Waals surface area contributed by atoms with E-state index in [1.54, 1.807) is 42.5 Å². The van der Waals surface area contributed by atoms with E-state index >= 15 is 0 Å². The normalized spacial score (nSPS) is 17.2. The van der Waals surface area contributed by atoms with Crippen LogP contribution in [-0.4, -0.2) is 49.0 Å². The number of ether oxygens (including phenoxy) is 1. The summed E-state index contributed by atoms with van der Waals surface area (Å²) in [4.78, 5) is 39.3. The molecule has 2 amide bonds. The molecule has 0 atom stereocenters. The minimum Gasteiger partial charge on any atom is -0.465 e. The van der Waals surface area contributed by atoms with Crippen molar-refractivity contribution in [3.8, 4) is 0 Å². The van der Waals surface area contributed by atoms with Crippen molar-refractivity contribution in [2.24, 2.45) is 0 Å². The Balaban J connectivity index is 1.36. The molecule has 1 aliphatic heterocycles. The van der Waals surface area contributed by atoms with E-state index in [1.807, 2.05) is 13.8 Å². The number of aryl methyl sites for hydroxylation is 2. The van der Waals surface area contributed by atoms with E-state index in [2.05, 4.69) is 0 Å². The number of benzene rings is 2. The van der Waals surface area contributed by atoms with Gasteiger partial charge in [-0.15, -0.1) is 0 Å². The van der Waals surface area contributed by atoms with Crippen LogP contribution in [0.4, 0.5) is 0 Å². The Morgan fingerprint density at radius 2 is 1.56 bits per heavy atom. The summed E-state index contributed by atoms with van der Waals surface area (Å²) >= 11 is 0. The summed E-state index contributed by atoms with van der Waals surface area (Å²) in [6, 6.07) is 11.7. The molecule has 34 heavy (non-hydrogen) atoms. The van der Waals surface area contributed by atoms with Gasteiger partial charge in [0.2, 0.25) is 0 Å². The van der Waals surface area contributed by atoms with Gasteiger partial charge in [0.1, 0.15) is 0 Å². The van der Waals surface area contributed by atoms with Crippen LogP contribution < -0.4 is 0 Å². The maximum atomic E-state index is 13.5. The predicted molar refractivity (Wildman–Crippen MR) is 126 cm³/mol. The minimum atomic E-state index is -3.91. The monoisotopic (exact) mass is 483 g/mol. The topological polar surface area (TPSA) is 97.8 Å². The SMILES string of the molecule is Cc1ccc(S(=O)(=O)C2(C(=O)OCCCCN3C(=O)c4ccccc4C3=O)CCCC2)cc1C. The molecule has 0 N–H and O–H groups in total. The number of carbonyl (C=O) groups is 3. The number of unbranched alkanes of at least 4 members (excludes halogenated alkanes) is 1. The fraction of sp³-hybridized carbons (Fsp3) is 0.423. The molecule has 8 heteroatoms. The summed E-state index contributed by atoms with van der Waals surface area (Å²) in [5, 5.41) is 0. The molecule has 0 unspecified atom stereocenters. The Morgan fingerprint density at radius 3 is 2.15 bits per heavy atom. The molecule has 0 aromatic heterocycles. The molecule has 0 saturated heterocycles. The van der Waals surface area contributed by atoms with E-state index in [9.17, 15) is 22.8 Å². The Kier molecular flexibility index (Phi) is 6.62. The van der Waals surface area contributed by atoms with E-state index < -0.39 is 20.6 Å². The van der Waals surface area contributed by atoms with Gasteiger partial charge < -0.3 is 4.74 Å². The van der Waals surface area contributed by atoms with Crippen molar-refractivity contribution in [1.29, 1.82) is 0 Å². The second-order valence-electron chi connectivity index (χ2n) is 9.10. The summed E-state index contributed by atoms with van der Waals surface area (Å²) in [7, 11) is -3.91. The number of carbonyl (C=O) groups excluding carboxylic acids is 3. The quantitative estimate of drug-likeness (QED) is 0.320. The molecule has 0 radical (unpaired) electrons. The van der Waals surface area contributed by atoms with Gasteiger partial charge in [0.25, 0.3) is 11.8 Å². The van der Waals surface area contributed by atoms with E-state index in [4.69, 9.17) is 4.74 Å². The third-order valence-electron chi connectivity index (χ3n) is 6.97. The lowest BCUT2D eigenvalue weighted by Gasteiger charge is -2.27. The van der Waals surface area contributed by atoms with Crippen molar-refractivity contribution in [2.45, 2.75) is 62.0 Å². The van der Waals surface area contributed by atoms with Gasteiger partial charge in [0.15, 0.2) is 14.6 Å². The number of sulfone groups is 1. The highest BCUT2D eigenvalue weighted by Crippen LogP contribution is 2.42. The Hall–Kier alpha value is -3.00. The molecule has 1 saturated carbocycles. The van der Waals surface area contributed by atoms with Crippen LogP contribution >= 0.6 is 0 Å². The first kappa shape index (κ1) is 24.1. The van der Waals surface area contributed by atoms with Crippen molar-refractivity contribution < 1.29 is 27.5 Å². The van der Waals surface area contributed by atoms with Crippen LogP contribution in [0.3, 0.4) is 0 Å². The number of esters is 1. The van der Waals surface area contributed by atoms with Crippen LogP contribution in [0.15, 0.2) is 47.4 Å². The maximum Gasteiger partial charge on any atom is 0.327 e. The van der Waals surface area contributed by atoms with Gasteiger partial charge in [0.05, 0.1) is 22.6 Å². The summed E-state index contributed by atoms with van der Waals surface area (Å²) in [6.45, 7) is 4.01. The van der Waals surface area contributed by atoms with Crippen LogP contribution in [-0.2, 0) is 19.4 Å². The average Bonchev–Trinajstić information content (AvgIpc) is 3.42. The zero-order chi connectivity index (χ0) is 24.5. The van der Waals surface area contributed by atoms with Crippen LogP contribution in [0.5, 0.6) is 0 Å². The van der Waals surface area contributed by atoms with Gasteiger partial charge >= 0.3 is 5.97 Å². The van der Waals surface area contributed by atoms with Crippen molar-refractivity contribution in [2.75, 3.05) is 13.2 Å². The molecular weight excluding hydrogens is 454 g/mol. The highest BCUT2D eigenvalue weighted by Gasteiger charge is 2.54. The molecule has 2 aromatic carbocycles. The fourth-order valence-electron chi connectivity index (χ4n) is 4.75. The first-order chi connectivity index (χ1) is 16.2. The average molecular weight is 484 g/mol. The molecule has 4 rings (SSSR count). The number of rotatable bonds is 8. The Labute approximate surface area is 200 Å². The van der Waals surface area contributed by atoms with Gasteiger partial charge in [-0.25, -0.2) is 8.42 Å². The van der Waals surface area contributed by atoms with Gasteiger partial charge in [-0.3, -0.25) is 19.3 Å².